The van der Waals surface area contributed by atoms with Crippen LogP contribution in [0.5, 0.6) is 0 Å². The zero-order valence-electron chi connectivity index (χ0n) is 9.53. The molecular weight excluding hydrogens is 220 g/mol. The largest absolute Gasteiger partial charge is 0.369 e. The summed E-state index contributed by atoms with van der Waals surface area (Å²) < 4.78 is 0. The lowest BCUT2D eigenvalue weighted by molar-refractivity contribution is 0.262. The third-order valence-electron chi connectivity index (χ3n) is 3.04. The first-order valence-electron chi connectivity index (χ1n) is 5.82. The number of hydrogen-bond donors (Lipinski definition) is 0. The fourth-order valence-electron chi connectivity index (χ4n) is 2.11. The van der Waals surface area contributed by atoms with Gasteiger partial charge in [-0.25, -0.2) is 0 Å². The van der Waals surface area contributed by atoms with Crippen LogP contribution in [0.15, 0.2) is 24.3 Å². The van der Waals surface area contributed by atoms with E-state index in [1.165, 1.54) is 5.69 Å². The molecule has 1 aliphatic heterocycles. The highest BCUT2D eigenvalue weighted by molar-refractivity contribution is 6.30. The second kappa shape index (κ2) is 5.55. The van der Waals surface area contributed by atoms with Crippen molar-refractivity contribution in [3.8, 4) is 0 Å². The Morgan fingerprint density at radius 2 is 1.69 bits per heavy atom. The Morgan fingerprint density at radius 3 is 2.25 bits per heavy atom. The fraction of sp³-hybridized carbons (Fsp3) is 0.462. The predicted molar refractivity (Wildman–Crippen MR) is 70.1 cm³/mol. The summed E-state index contributed by atoms with van der Waals surface area (Å²) in [6, 6.07) is 8.11. The number of halogens is 1. The molecule has 87 valence electrons. The molecule has 0 bridgehead atoms. The molecule has 0 saturated carbocycles. The first-order chi connectivity index (χ1) is 7.79. The van der Waals surface area contributed by atoms with E-state index >= 15 is 0 Å². The van der Waals surface area contributed by atoms with Gasteiger partial charge in [-0.05, 0) is 37.2 Å². The Hall–Kier alpha value is -0.730. The van der Waals surface area contributed by atoms with Crippen molar-refractivity contribution in [2.45, 2.75) is 6.42 Å². The first-order valence-corrected chi connectivity index (χ1v) is 6.19. The molecule has 0 aliphatic carbocycles. The monoisotopic (exact) mass is 237 g/mol. The maximum absolute atomic E-state index is 5.88. The molecule has 1 heterocycles. The summed E-state index contributed by atoms with van der Waals surface area (Å²) in [5, 5.41) is 0.805. The number of anilines is 1. The van der Waals surface area contributed by atoms with Gasteiger partial charge in [0, 0.05) is 36.9 Å². The molecule has 2 nitrogen and oxygen atoms in total. The summed E-state index contributed by atoms with van der Waals surface area (Å²) in [6.07, 6.45) is 1.00. The Balaban J connectivity index is 1.91. The van der Waals surface area contributed by atoms with Crippen molar-refractivity contribution in [1.82, 2.24) is 4.90 Å². The van der Waals surface area contributed by atoms with Gasteiger partial charge in [0.15, 0.2) is 0 Å². The predicted octanol–water partition coefficient (Wildman–Crippen LogP) is 2.69. The van der Waals surface area contributed by atoms with E-state index < -0.39 is 0 Å². The van der Waals surface area contributed by atoms with Crippen molar-refractivity contribution in [2.24, 2.45) is 0 Å². The Bertz CT molecular complexity index is 315. The van der Waals surface area contributed by atoms with E-state index in [9.17, 15) is 0 Å². The molecule has 1 aromatic carbocycles. The van der Waals surface area contributed by atoms with Crippen LogP contribution in [0.25, 0.3) is 0 Å². The lowest BCUT2D eigenvalue weighted by Crippen LogP contribution is -2.46. The third-order valence-corrected chi connectivity index (χ3v) is 3.29. The Kier molecular flexibility index (Phi) is 4.08. The molecule has 0 unspecified atom stereocenters. The molecule has 2 rings (SSSR count). The highest BCUT2D eigenvalue weighted by Gasteiger charge is 2.15. The average molecular weight is 238 g/mol. The van der Waals surface area contributed by atoms with Crippen LogP contribution in [0, 0.1) is 6.92 Å². The van der Waals surface area contributed by atoms with Crippen LogP contribution in [0.1, 0.15) is 6.42 Å². The van der Waals surface area contributed by atoms with Crippen LogP contribution in [-0.2, 0) is 0 Å². The molecular formula is C13H18ClN2. The molecule has 0 amide bonds. The lowest BCUT2D eigenvalue weighted by Gasteiger charge is -2.36. The second-order valence-electron chi connectivity index (χ2n) is 4.16. The number of benzene rings is 1. The topological polar surface area (TPSA) is 6.48 Å². The van der Waals surface area contributed by atoms with Gasteiger partial charge in [0.25, 0.3) is 0 Å². The zero-order valence-corrected chi connectivity index (χ0v) is 10.3. The van der Waals surface area contributed by atoms with Crippen molar-refractivity contribution in [3.05, 3.63) is 36.2 Å². The first kappa shape index (κ1) is 11.7. The molecule has 1 aromatic rings. The molecule has 0 spiro atoms. The van der Waals surface area contributed by atoms with Crippen LogP contribution in [-0.4, -0.2) is 37.6 Å². The van der Waals surface area contributed by atoms with Gasteiger partial charge in [-0.3, -0.25) is 4.90 Å². The minimum Gasteiger partial charge on any atom is -0.369 e. The van der Waals surface area contributed by atoms with Crippen LogP contribution in [0.3, 0.4) is 0 Å². The smallest absolute Gasteiger partial charge is 0.0407 e. The van der Waals surface area contributed by atoms with Crippen LogP contribution in [0.2, 0.25) is 5.02 Å². The molecule has 0 N–H and O–H groups in total. The van der Waals surface area contributed by atoms with Crippen LogP contribution >= 0.6 is 11.6 Å². The van der Waals surface area contributed by atoms with Gasteiger partial charge in [-0.15, -0.1) is 0 Å². The molecule has 1 radical (unpaired) electrons. The van der Waals surface area contributed by atoms with E-state index in [4.69, 9.17) is 11.6 Å². The second-order valence-corrected chi connectivity index (χ2v) is 4.60. The molecule has 0 aromatic heterocycles. The van der Waals surface area contributed by atoms with E-state index in [1.807, 2.05) is 12.1 Å². The summed E-state index contributed by atoms with van der Waals surface area (Å²) in [7, 11) is 0. The molecule has 1 fully saturated rings. The quantitative estimate of drug-likeness (QED) is 0.798. The van der Waals surface area contributed by atoms with Gasteiger partial charge in [-0.1, -0.05) is 18.5 Å². The van der Waals surface area contributed by atoms with E-state index in [-0.39, 0.29) is 0 Å². The third kappa shape index (κ3) is 2.89. The Morgan fingerprint density at radius 1 is 1.06 bits per heavy atom. The molecule has 1 aliphatic rings. The summed E-state index contributed by atoms with van der Waals surface area (Å²) in [5.74, 6) is 0. The number of rotatable bonds is 3. The number of nitrogens with zero attached hydrogens (tertiary/aromatic N) is 2. The fourth-order valence-corrected chi connectivity index (χ4v) is 2.23. The molecule has 0 atom stereocenters. The van der Waals surface area contributed by atoms with Gasteiger partial charge in [-0.2, -0.15) is 0 Å². The summed E-state index contributed by atoms with van der Waals surface area (Å²) in [6.45, 7) is 9.49. The maximum atomic E-state index is 5.88. The van der Waals surface area contributed by atoms with Gasteiger partial charge in [0.2, 0.25) is 0 Å². The summed E-state index contributed by atoms with van der Waals surface area (Å²) in [4.78, 5) is 4.88. The standard InChI is InChI=1S/C13H18ClN2/c1-2-7-15-8-10-16(11-9-15)13-5-3-12(14)4-6-13/h3-6H,1-2,7-11H2. The highest BCUT2D eigenvalue weighted by atomic mass is 35.5. The summed E-state index contributed by atoms with van der Waals surface area (Å²) >= 11 is 5.88. The van der Waals surface area contributed by atoms with Crippen molar-refractivity contribution in [3.63, 3.8) is 0 Å². The highest BCUT2D eigenvalue weighted by Crippen LogP contribution is 2.19. The number of piperazine rings is 1. The van der Waals surface area contributed by atoms with Gasteiger partial charge in [0.1, 0.15) is 0 Å². The molecule has 1 saturated heterocycles. The van der Waals surface area contributed by atoms with Gasteiger partial charge >= 0.3 is 0 Å². The minimum atomic E-state index is 0.805. The van der Waals surface area contributed by atoms with E-state index in [2.05, 4.69) is 28.9 Å². The average Bonchev–Trinajstić information content (AvgIpc) is 2.32. The minimum absolute atomic E-state index is 0.805. The normalized spacial score (nSPS) is 17.8. The summed E-state index contributed by atoms with van der Waals surface area (Å²) in [5.41, 5.74) is 1.28. The zero-order chi connectivity index (χ0) is 11.4. The van der Waals surface area contributed by atoms with Gasteiger partial charge < -0.3 is 4.90 Å². The number of hydrogen-bond acceptors (Lipinski definition) is 2. The van der Waals surface area contributed by atoms with Crippen LogP contribution < -0.4 is 4.90 Å². The Labute approximate surface area is 103 Å². The molecule has 16 heavy (non-hydrogen) atoms. The van der Waals surface area contributed by atoms with Crippen molar-refractivity contribution in [2.75, 3.05) is 37.6 Å². The van der Waals surface area contributed by atoms with Crippen molar-refractivity contribution in [1.29, 1.82) is 0 Å². The van der Waals surface area contributed by atoms with E-state index in [0.29, 0.717) is 0 Å². The molecule has 3 heteroatoms. The lowest BCUT2D eigenvalue weighted by atomic mass is 10.2. The van der Waals surface area contributed by atoms with Crippen LogP contribution in [0.4, 0.5) is 5.69 Å². The van der Waals surface area contributed by atoms with E-state index in [1.54, 1.807) is 0 Å². The van der Waals surface area contributed by atoms with Gasteiger partial charge in [0.05, 0.1) is 0 Å². The SMILES string of the molecule is [CH2]CCN1CCN(c2ccc(Cl)cc2)CC1. The maximum Gasteiger partial charge on any atom is 0.0407 e. The van der Waals surface area contributed by atoms with Crippen molar-refractivity contribution < 1.29 is 0 Å². The van der Waals surface area contributed by atoms with E-state index in [0.717, 1.165) is 44.2 Å². The van der Waals surface area contributed by atoms with Crippen molar-refractivity contribution >= 4 is 17.3 Å².